The molecule has 0 amide bonds. The van der Waals surface area contributed by atoms with Crippen LogP contribution in [-0.2, 0) is 17.3 Å². The molecule has 0 bridgehead atoms. The summed E-state index contributed by atoms with van der Waals surface area (Å²) < 4.78 is 2.66. The van der Waals surface area contributed by atoms with Gasteiger partial charge in [-0.1, -0.05) is 0 Å². The van der Waals surface area contributed by atoms with Gasteiger partial charge in [-0.25, -0.2) is 0 Å². The van der Waals surface area contributed by atoms with Gasteiger partial charge in [-0.15, -0.1) is 0 Å². The van der Waals surface area contributed by atoms with Crippen molar-refractivity contribution in [3.63, 3.8) is 0 Å². The van der Waals surface area contributed by atoms with Crippen molar-refractivity contribution >= 4 is 29.8 Å². The van der Waals surface area contributed by atoms with Gasteiger partial charge in [-0.3, -0.25) is 0 Å². The average molecular weight is 429 g/mol. The van der Waals surface area contributed by atoms with E-state index in [1.807, 2.05) is 13.0 Å². The van der Waals surface area contributed by atoms with Gasteiger partial charge in [0.15, 0.2) is 0 Å². The number of carboxylic acids is 1. The van der Waals surface area contributed by atoms with E-state index in [-0.39, 0.29) is 25.8 Å². The molecule has 1 N–H and O–H groups in total. The SMILES string of the molecule is CCc1cc([Se]c2cc3c(cc2C)C(C)(C)CCC3(C)C)ccc1C(=O)O. The minimum absolute atomic E-state index is 0.178. The zero-order chi connectivity index (χ0) is 20.0. The van der Waals surface area contributed by atoms with Crippen molar-refractivity contribution in [2.24, 2.45) is 0 Å². The third-order valence-electron chi connectivity index (χ3n) is 6.06. The molecule has 2 nitrogen and oxygen atoms in total. The minimum atomic E-state index is -0.833. The number of carboxylic acid groups (broad SMARTS) is 1. The normalized spacial score (nSPS) is 17.4. The number of aromatic carboxylic acids is 1. The zero-order valence-electron chi connectivity index (χ0n) is 17.3. The summed E-state index contributed by atoms with van der Waals surface area (Å²) in [5, 5.41) is 9.37. The van der Waals surface area contributed by atoms with Crippen molar-refractivity contribution in [2.45, 2.75) is 71.6 Å². The molecule has 0 aromatic heterocycles. The summed E-state index contributed by atoms with van der Waals surface area (Å²) in [4.78, 5) is 11.4. The predicted molar refractivity (Wildman–Crippen MR) is 114 cm³/mol. The van der Waals surface area contributed by atoms with Crippen molar-refractivity contribution in [2.75, 3.05) is 0 Å². The number of fused-ring (bicyclic) bond motifs is 1. The van der Waals surface area contributed by atoms with Crippen LogP contribution in [0.15, 0.2) is 30.3 Å². The maximum absolute atomic E-state index is 11.4. The molecule has 3 heteroatoms. The first-order valence-corrected chi connectivity index (χ1v) is 11.5. The molecule has 0 atom stereocenters. The summed E-state index contributed by atoms with van der Waals surface area (Å²) >= 11 is 0.178. The van der Waals surface area contributed by atoms with Crippen LogP contribution >= 0.6 is 0 Å². The Morgan fingerprint density at radius 3 is 2.19 bits per heavy atom. The second-order valence-electron chi connectivity index (χ2n) is 9.01. The Morgan fingerprint density at radius 2 is 1.63 bits per heavy atom. The summed E-state index contributed by atoms with van der Waals surface area (Å²) in [5.74, 6) is -0.833. The Bertz CT molecular complexity index is 893. The van der Waals surface area contributed by atoms with Crippen molar-refractivity contribution in [3.8, 4) is 0 Å². The fourth-order valence-electron chi connectivity index (χ4n) is 4.07. The van der Waals surface area contributed by atoms with Crippen LogP contribution in [0.1, 0.15) is 80.1 Å². The molecule has 3 rings (SSSR count). The topological polar surface area (TPSA) is 37.3 Å². The Labute approximate surface area is 169 Å². The number of rotatable bonds is 4. The third kappa shape index (κ3) is 3.86. The van der Waals surface area contributed by atoms with Crippen LogP contribution < -0.4 is 8.92 Å². The number of aryl methyl sites for hydroxylation is 2. The van der Waals surface area contributed by atoms with E-state index in [0.717, 1.165) is 12.0 Å². The van der Waals surface area contributed by atoms with Crippen molar-refractivity contribution in [3.05, 3.63) is 58.1 Å². The molecule has 0 unspecified atom stereocenters. The summed E-state index contributed by atoms with van der Waals surface area (Å²) in [5.41, 5.74) is 6.18. The van der Waals surface area contributed by atoms with Gasteiger partial charge in [0.05, 0.1) is 0 Å². The second-order valence-corrected chi connectivity index (χ2v) is 11.4. The van der Waals surface area contributed by atoms with E-state index >= 15 is 0 Å². The molecule has 144 valence electrons. The number of hydrogen-bond acceptors (Lipinski definition) is 1. The summed E-state index contributed by atoms with van der Waals surface area (Å²) in [6.07, 6.45) is 3.19. The fourth-order valence-corrected chi connectivity index (χ4v) is 6.15. The molecular formula is C24H30O2Se. The van der Waals surface area contributed by atoms with Crippen LogP contribution in [0.5, 0.6) is 0 Å². The van der Waals surface area contributed by atoms with E-state index in [4.69, 9.17) is 0 Å². The quantitative estimate of drug-likeness (QED) is 0.738. The van der Waals surface area contributed by atoms with E-state index in [9.17, 15) is 9.90 Å². The molecule has 2 aromatic carbocycles. The van der Waals surface area contributed by atoms with Gasteiger partial charge in [-0.05, 0) is 0 Å². The molecule has 0 saturated carbocycles. The van der Waals surface area contributed by atoms with Crippen molar-refractivity contribution in [1.29, 1.82) is 0 Å². The van der Waals surface area contributed by atoms with Crippen LogP contribution in [0.2, 0.25) is 0 Å². The molecule has 2 aromatic rings. The van der Waals surface area contributed by atoms with Crippen molar-refractivity contribution < 1.29 is 9.90 Å². The van der Waals surface area contributed by atoms with Crippen LogP contribution in [0.25, 0.3) is 0 Å². The monoisotopic (exact) mass is 430 g/mol. The second kappa shape index (κ2) is 7.11. The molecule has 1 aliphatic rings. The van der Waals surface area contributed by atoms with Crippen LogP contribution in [0.3, 0.4) is 0 Å². The van der Waals surface area contributed by atoms with Crippen LogP contribution in [0, 0.1) is 6.92 Å². The summed E-state index contributed by atoms with van der Waals surface area (Å²) in [7, 11) is 0. The number of hydrogen-bond donors (Lipinski definition) is 1. The Balaban J connectivity index is 2.03. The van der Waals surface area contributed by atoms with Gasteiger partial charge in [0.25, 0.3) is 0 Å². The molecule has 0 heterocycles. The molecule has 0 fully saturated rings. The average Bonchev–Trinajstić information content (AvgIpc) is 2.60. The first-order chi connectivity index (χ1) is 12.5. The van der Waals surface area contributed by atoms with E-state index in [2.05, 4.69) is 52.8 Å². The predicted octanol–water partition coefficient (Wildman–Crippen LogP) is 4.26. The van der Waals surface area contributed by atoms with Gasteiger partial charge in [-0.2, -0.15) is 0 Å². The van der Waals surface area contributed by atoms with Crippen molar-refractivity contribution in [1.82, 2.24) is 0 Å². The van der Waals surface area contributed by atoms with E-state index in [1.165, 1.54) is 38.5 Å². The van der Waals surface area contributed by atoms with Gasteiger partial charge >= 0.3 is 170 Å². The molecule has 0 aliphatic heterocycles. The Morgan fingerprint density at radius 1 is 1.04 bits per heavy atom. The third-order valence-corrected chi connectivity index (χ3v) is 8.48. The first-order valence-electron chi connectivity index (χ1n) is 9.75. The maximum atomic E-state index is 11.4. The molecule has 0 saturated heterocycles. The van der Waals surface area contributed by atoms with E-state index < -0.39 is 5.97 Å². The molecule has 0 radical (unpaired) electrons. The van der Waals surface area contributed by atoms with E-state index in [0.29, 0.717) is 5.56 Å². The molecule has 0 spiro atoms. The Kier molecular flexibility index (Phi) is 5.31. The fraction of sp³-hybridized carbons (Fsp3) is 0.458. The molecule has 27 heavy (non-hydrogen) atoms. The first kappa shape index (κ1) is 20.2. The van der Waals surface area contributed by atoms with Gasteiger partial charge in [0.2, 0.25) is 0 Å². The zero-order valence-corrected chi connectivity index (χ0v) is 19.0. The number of benzene rings is 2. The summed E-state index contributed by atoms with van der Waals surface area (Å²) in [6, 6.07) is 10.7. The number of carbonyl (C=O) groups is 1. The van der Waals surface area contributed by atoms with Crippen LogP contribution in [-0.4, -0.2) is 26.0 Å². The Hall–Kier alpha value is -1.57. The van der Waals surface area contributed by atoms with Gasteiger partial charge in [0.1, 0.15) is 0 Å². The van der Waals surface area contributed by atoms with E-state index in [1.54, 1.807) is 6.07 Å². The van der Waals surface area contributed by atoms with Gasteiger partial charge in [0, 0.05) is 0 Å². The molecule has 1 aliphatic carbocycles. The molecular weight excluding hydrogens is 399 g/mol. The standard InChI is InChI=1S/C24H30O2Se/c1-7-16-13-17(8-9-18(16)22(25)26)27-21-14-20-19(12-15(21)2)23(3,4)10-11-24(20,5)6/h8-9,12-14H,7,10-11H2,1-6H3,(H,25,26). The van der Waals surface area contributed by atoms with Gasteiger partial charge < -0.3 is 0 Å². The summed E-state index contributed by atoms with van der Waals surface area (Å²) in [6.45, 7) is 13.7. The van der Waals surface area contributed by atoms with Crippen LogP contribution in [0.4, 0.5) is 0 Å².